The molecule has 10 nitrogen and oxygen atoms in total. The molecule has 6 rings (SSSR count). The minimum atomic E-state index is -0.702. The van der Waals surface area contributed by atoms with Crippen molar-refractivity contribution in [2.75, 3.05) is 40.4 Å². The average Bonchev–Trinajstić information content (AvgIpc) is 3.56. The zero-order valence-electron chi connectivity index (χ0n) is 26.4. The minimum absolute atomic E-state index is 0.414. The summed E-state index contributed by atoms with van der Waals surface area (Å²) in [6.07, 6.45) is 4.81. The van der Waals surface area contributed by atoms with Crippen molar-refractivity contribution in [1.29, 1.82) is 0 Å². The van der Waals surface area contributed by atoms with E-state index in [1.165, 1.54) is 0 Å². The molecule has 0 amide bonds. The van der Waals surface area contributed by atoms with E-state index in [-0.39, 0.29) is 0 Å². The second-order valence-corrected chi connectivity index (χ2v) is 13.4. The van der Waals surface area contributed by atoms with E-state index in [1.54, 1.807) is 26.6 Å². The summed E-state index contributed by atoms with van der Waals surface area (Å²) in [4.78, 5) is 23.1. The molecule has 2 saturated heterocycles. The van der Waals surface area contributed by atoms with Gasteiger partial charge >= 0.3 is 0 Å². The Kier molecular flexibility index (Phi) is 9.22. The molecule has 0 bridgehead atoms. The van der Waals surface area contributed by atoms with Gasteiger partial charge in [-0.2, -0.15) is 0 Å². The number of nitrogens with zero attached hydrogens (tertiary/aromatic N) is 6. The number of methoxy groups -OCH3 is 2. The molecular weight excluding hydrogens is 627 g/mol. The molecule has 2 aromatic heterocycles. The van der Waals surface area contributed by atoms with Crippen LogP contribution in [0.15, 0.2) is 48.8 Å². The fourth-order valence-electron chi connectivity index (χ4n) is 6.24. The molecular formula is C34H38Cl2N6O4. The largest absolute Gasteiger partial charge is 0.480 e. The van der Waals surface area contributed by atoms with Crippen molar-refractivity contribution in [2.45, 2.75) is 51.0 Å². The summed E-state index contributed by atoms with van der Waals surface area (Å²) < 4.78 is 11.2. The third-order valence-electron chi connectivity index (χ3n) is 8.66. The van der Waals surface area contributed by atoms with Crippen LogP contribution in [-0.2, 0) is 13.1 Å². The van der Waals surface area contributed by atoms with Gasteiger partial charge in [-0.25, -0.2) is 9.97 Å². The second-order valence-electron chi connectivity index (χ2n) is 12.7. The van der Waals surface area contributed by atoms with E-state index in [4.69, 9.17) is 42.6 Å². The maximum atomic E-state index is 10.4. The summed E-state index contributed by atoms with van der Waals surface area (Å²) in [6, 6.07) is 11.4. The van der Waals surface area contributed by atoms with Gasteiger partial charge in [-0.05, 0) is 26.7 Å². The molecule has 0 spiro atoms. The minimum Gasteiger partial charge on any atom is -0.480 e. The molecule has 0 aliphatic carbocycles. The first-order valence-corrected chi connectivity index (χ1v) is 16.0. The molecule has 4 heterocycles. The number of aromatic nitrogens is 4. The van der Waals surface area contributed by atoms with Crippen LogP contribution in [0.5, 0.6) is 11.8 Å². The van der Waals surface area contributed by atoms with Gasteiger partial charge in [0.05, 0.1) is 59.2 Å². The number of hydrogen-bond donors (Lipinski definition) is 2. The quantitative estimate of drug-likeness (QED) is 0.237. The molecule has 2 N–H and O–H groups in total. The van der Waals surface area contributed by atoms with Crippen molar-refractivity contribution in [3.63, 3.8) is 0 Å². The van der Waals surface area contributed by atoms with Crippen molar-refractivity contribution < 1.29 is 19.7 Å². The predicted octanol–water partition coefficient (Wildman–Crippen LogP) is 5.51. The molecule has 2 fully saturated rings. The number of halogens is 2. The highest BCUT2D eigenvalue weighted by Crippen LogP contribution is 2.42. The van der Waals surface area contributed by atoms with Crippen LogP contribution in [-0.4, -0.2) is 91.5 Å². The van der Waals surface area contributed by atoms with Crippen molar-refractivity contribution in [3.05, 3.63) is 70.2 Å². The molecule has 2 aromatic carbocycles. The smallest absolute Gasteiger partial charge is 0.237 e. The molecule has 0 saturated carbocycles. The van der Waals surface area contributed by atoms with Gasteiger partial charge in [-0.15, -0.1) is 0 Å². The van der Waals surface area contributed by atoms with E-state index < -0.39 is 11.2 Å². The molecule has 2 aliphatic heterocycles. The zero-order chi connectivity index (χ0) is 32.6. The Hall–Kier alpha value is -3.38. The number of hydrogen-bond acceptors (Lipinski definition) is 10. The summed E-state index contributed by atoms with van der Waals surface area (Å²) >= 11 is 14.1. The summed E-state index contributed by atoms with van der Waals surface area (Å²) in [7, 11) is 3.14. The van der Waals surface area contributed by atoms with Gasteiger partial charge in [0.25, 0.3) is 0 Å². The lowest BCUT2D eigenvalue weighted by Crippen LogP contribution is -2.29. The van der Waals surface area contributed by atoms with Gasteiger partial charge in [-0.1, -0.05) is 59.6 Å². The molecule has 4 aromatic rings. The number of aliphatic hydroxyl groups is 2. The fraction of sp³-hybridized carbons (Fsp3) is 0.412. The number of rotatable bonds is 9. The molecule has 2 atom stereocenters. The van der Waals surface area contributed by atoms with Crippen molar-refractivity contribution in [3.8, 4) is 45.4 Å². The van der Waals surface area contributed by atoms with Gasteiger partial charge in [0, 0.05) is 61.5 Å². The summed E-state index contributed by atoms with van der Waals surface area (Å²) in [5.74, 6) is 0.827. The van der Waals surface area contributed by atoms with E-state index >= 15 is 0 Å². The van der Waals surface area contributed by atoms with Crippen molar-refractivity contribution in [2.24, 2.45) is 0 Å². The zero-order valence-corrected chi connectivity index (χ0v) is 27.9. The van der Waals surface area contributed by atoms with Crippen LogP contribution >= 0.6 is 23.2 Å². The lowest BCUT2D eigenvalue weighted by atomic mass is 9.98. The van der Waals surface area contributed by atoms with Crippen LogP contribution in [0, 0.1) is 0 Å². The van der Waals surface area contributed by atoms with E-state index in [0.29, 0.717) is 94.7 Å². The van der Waals surface area contributed by atoms with Crippen LogP contribution in [0.4, 0.5) is 0 Å². The van der Waals surface area contributed by atoms with Gasteiger partial charge < -0.3 is 19.7 Å². The molecule has 0 radical (unpaired) electrons. The van der Waals surface area contributed by atoms with Gasteiger partial charge in [0.1, 0.15) is 11.4 Å². The van der Waals surface area contributed by atoms with Gasteiger partial charge in [0.2, 0.25) is 11.8 Å². The van der Waals surface area contributed by atoms with Crippen LogP contribution in [0.1, 0.15) is 38.1 Å². The van der Waals surface area contributed by atoms with E-state index in [2.05, 4.69) is 19.8 Å². The normalized spacial score (nSPS) is 22.0. The monoisotopic (exact) mass is 664 g/mol. The maximum Gasteiger partial charge on any atom is 0.237 e. The SMILES string of the molecule is COc1nc(-c2cccc(-c3cccc(-c4cnc(CN5CCC(C)(O)C5)c(OC)n4)c3Cl)c2Cl)cnc1CN1CCC(C)(O)C1. The highest BCUT2D eigenvalue weighted by atomic mass is 35.5. The molecule has 2 aliphatic rings. The summed E-state index contributed by atoms with van der Waals surface area (Å²) in [5, 5.41) is 21.7. The van der Waals surface area contributed by atoms with Crippen LogP contribution in [0.25, 0.3) is 33.6 Å². The highest BCUT2D eigenvalue weighted by Gasteiger charge is 2.33. The summed E-state index contributed by atoms with van der Waals surface area (Å²) in [5.41, 5.74) is 3.96. The second kappa shape index (κ2) is 13.0. The molecule has 12 heteroatoms. The third-order valence-corrected chi connectivity index (χ3v) is 9.47. The first-order valence-electron chi connectivity index (χ1n) is 15.2. The Labute approximate surface area is 279 Å². The average molecular weight is 666 g/mol. The van der Waals surface area contributed by atoms with Crippen molar-refractivity contribution in [1.82, 2.24) is 29.7 Å². The third kappa shape index (κ3) is 6.83. The molecule has 46 heavy (non-hydrogen) atoms. The Balaban J connectivity index is 1.28. The van der Waals surface area contributed by atoms with Crippen LogP contribution < -0.4 is 9.47 Å². The number of benzene rings is 2. The maximum absolute atomic E-state index is 10.4. The Morgan fingerprint density at radius 1 is 0.696 bits per heavy atom. The highest BCUT2D eigenvalue weighted by molar-refractivity contribution is 6.39. The van der Waals surface area contributed by atoms with E-state index in [0.717, 1.165) is 24.2 Å². The Morgan fingerprint density at radius 3 is 1.43 bits per heavy atom. The van der Waals surface area contributed by atoms with Gasteiger partial charge in [0.15, 0.2) is 0 Å². The number of likely N-dealkylation sites (tertiary alicyclic amines) is 2. The van der Waals surface area contributed by atoms with Crippen LogP contribution in [0.2, 0.25) is 10.0 Å². The Bertz CT molecular complexity index is 1620. The number of β-amino-alcohol motifs (C(OH)–C–C–N with tert-alkyl or cyclic N) is 2. The molecule has 242 valence electrons. The lowest BCUT2D eigenvalue weighted by molar-refractivity contribution is 0.0670. The Morgan fingerprint density at radius 2 is 1.09 bits per heavy atom. The standard InChI is InChI=1S/C34H38Cl2N6O4/c1-33(43)11-13-41(19-33)17-27-31(45-3)39-25(15-37-27)23-9-5-7-21(29(23)35)22-8-6-10-24(30(22)36)26-16-38-28(32(40-26)46-4)18-42-14-12-34(2,44)20-42/h5-10,15-16,43-44H,11-14,17-20H2,1-4H3. The topological polar surface area (TPSA) is 117 Å². The first-order chi connectivity index (χ1) is 22.0. The first kappa shape index (κ1) is 32.6. The predicted molar refractivity (Wildman–Crippen MR) is 178 cm³/mol. The lowest BCUT2D eigenvalue weighted by Gasteiger charge is -2.19. The molecule has 2 unspecified atom stereocenters. The van der Waals surface area contributed by atoms with Gasteiger partial charge in [-0.3, -0.25) is 19.8 Å². The summed E-state index contributed by atoms with van der Waals surface area (Å²) in [6.45, 7) is 7.43. The van der Waals surface area contributed by atoms with E-state index in [9.17, 15) is 10.2 Å². The number of ether oxygens (including phenoxy) is 2. The fourth-order valence-corrected chi connectivity index (χ4v) is 6.89. The van der Waals surface area contributed by atoms with Crippen molar-refractivity contribution >= 4 is 23.2 Å². The van der Waals surface area contributed by atoms with Crippen LogP contribution in [0.3, 0.4) is 0 Å². The van der Waals surface area contributed by atoms with E-state index in [1.807, 2.05) is 50.2 Å².